The summed E-state index contributed by atoms with van der Waals surface area (Å²) in [6, 6.07) is 15.8. The van der Waals surface area contributed by atoms with Crippen molar-refractivity contribution in [1.29, 1.82) is 0 Å². The van der Waals surface area contributed by atoms with Crippen LogP contribution in [0.2, 0.25) is 0 Å². The number of nitrogens with zero attached hydrogens (tertiary/aromatic N) is 5. The normalized spacial score (nSPS) is 35.0. The zero-order valence-corrected chi connectivity index (χ0v) is 30.8. The molecular weight excluding hydrogens is 705 g/mol. The highest BCUT2D eigenvalue weighted by Gasteiger charge is 2.78. The molecule has 49 heavy (non-hydrogen) atoms. The van der Waals surface area contributed by atoms with E-state index in [-0.39, 0.29) is 36.5 Å². The molecule has 3 N–H and O–H groups in total. The topological polar surface area (TPSA) is 139 Å². The van der Waals surface area contributed by atoms with E-state index in [0.29, 0.717) is 0 Å². The van der Waals surface area contributed by atoms with Crippen molar-refractivity contribution in [3.05, 3.63) is 65.9 Å². The number of rotatable bonds is 7. The van der Waals surface area contributed by atoms with Gasteiger partial charge in [0.2, 0.25) is 4.87 Å². The summed E-state index contributed by atoms with van der Waals surface area (Å²) in [7, 11) is 7.37. The van der Waals surface area contributed by atoms with E-state index in [1.165, 1.54) is 48.0 Å². The largest absolute Gasteiger partial charge is 0.392 e. The fourth-order valence-electron chi connectivity index (χ4n) is 8.70. The van der Waals surface area contributed by atoms with E-state index in [4.69, 9.17) is 0 Å². The fraction of sp³-hybridized carbons (Fsp3) is 0.455. The van der Waals surface area contributed by atoms with Crippen LogP contribution in [-0.2, 0) is 31.1 Å². The van der Waals surface area contributed by atoms with Gasteiger partial charge in [-0.2, -0.15) is 0 Å². The molecule has 0 aliphatic carbocycles. The quantitative estimate of drug-likeness (QED) is 0.308. The molecule has 6 aliphatic heterocycles. The number of likely N-dealkylation sites (N-methyl/N-ethyl adjacent to an activating group) is 3. The van der Waals surface area contributed by atoms with E-state index >= 15 is 0 Å². The van der Waals surface area contributed by atoms with Gasteiger partial charge in [-0.3, -0.25) is 24.1 Å². The predicted molar refractivity (Wildman–Crippen MR) is 194 cm³/mol. The van der Waals surface area contributed by atoms with Gasteiger partial charge in [-0.15, -0.1) is 23.5 Å². The number of aliphatic hydroxyl groups is 2. The number of hydrogen-bond acceptors (Lipinski definition) is 11. The average molecular weight is 741 g/mol. The van der Waals surface area contributed by atoms with Crippen molar-refractivity contribution in [3.8, 4) is 0 Å². The average Bonchev–Trinajstić information content (AvgIpc) is 3.75. The Morgan fingerprint density at radius 1 is 0.816 bits per heavy atom. The van der Waals surface area contributed by atoms with Gasteiger partial charge in [-0.25, -0.2) is 0 Å². The van der Waals surface area contributed by atoms with Crippen molar-refractivity contribution in [1.82, 2.24) is 24.2 Å². The fourth-order valence-corrected chi connectivity index (χ4v) is 14.1. The molecule has 0 radical (unpaired) electrons. The van der Waals surface area contributed by atoms with Crippen molar-refractivity contribution < 1.29 is 29.4 Å². The molecule has 16 heteroatoms. The highest BCUT2D eigenvalue weighted by atomic mass is 33.1. The molecule has 12 nitrogen and oxygen atoms in total. The Kier molecular flexibility index (Phi) is 7.27. The summed E-state index contributed by atoms with van der Waals surface area (Å²) < 4.78 is 2.16. The van der Waals surface area contributed by atoms with Crippen LogP contribution in [0.1, 0.15) is 17.5 Å². The minimum absolute atomic E-state index is 0.173. The van der Waals surface area contributed by atoms with Gasteiger partial charge in [0.05, 0.1) is 13.2 Å². The number of carbonyl (C=O) groups is 4. The van der Waals surface area contributed by atoms with E-state index in [2.05, 4.69) is 9.88 Å². The van der Waals surface area contributed by atoms with Crippen LogP contribution in [0, 0.1) is 0 Å². The van der Waals surface area contributed by atoms with Crippen molar-refractivity contribution in [2.45, 2.75) is 44.0 Å². The van der Waals surface area contributed by atoms with Gasteiger partial charge in [0.15, 0.2) is 14.6 Å². The molecule has 9 rings (SSSR count). The van der Waals surface area contributed by atoms with Gasteiger partial charge >= 0.3 is 0 Å². The molecular formula is C33H36N6O6S4. The number of piperazine rings is 2. The lowest BCUT2D eigenvalue weighted by Gasteiger charge is -2.57. The van der Waals surface area contributed by atoms with Gasteiger partial charge in [0, 0.05) is 62.3 Å². The Morgan fingerprint density at radius 3 is 2.16 bits per heavy atom. The third-order valence-corrected chi connectivity index (χ3v) is 17.6. The molecule has 5 saturated heterocycles. The summed E-state index contributed by atoms with van der Waals surface area (Å²) in [5, 5.41) is 25.4. The summed E-state index contributed by atoms with van der Waals surface area (Å²) in [5.74, 6) is -1.19. The van der Waals surface area contributed by atoms with E-state index in [9.17, 15) is 29.4 Å². The van der Waals surface area contributed by atoms with Crippen LogP contribution in [0.15, 0.2) is 54.7 Å². The first-order valence-corrected chi connectivity index (χ1v) is 20.3. The molecule has 7 heterocycles. The zero-order chi connectivity index (χ0) is 34.9. The van der Waals surface area contributed by atoms with Gasteiger partial charge in [0.1, 0.15) is 11.7 Å². The SMILES string of the molecule is CS[C@@]1(CO)C(=O)N(C)[C@@](Cc2cn([C@]34C[C@@]56SS[C@@](CO)(C(=O)N5[C@H]3Nc3ccccc34)N(C)C6=O)c3ccccc23)(SC)C(=O)N1C. The number of nitrogens with one attached hydrogen (secondary N) is 1. The molecule has 2 aromatic carbocycles. The Hall–Kier alpha value is -3.02. The maximum atomic E-state index is 14.5. The minimum atomic E-state index is -1.43. The summed E-state index contributed by atoms with van der Waals surface area (Å²) in [4.78, 5) is 57.7. The first-order chi connectivity index (χ1) is 23.4. The number of thioether (sulfide) groups is 2. The van der Waals surface area contributed by atoms with E-state index in [1.54, 1.807) is 32.3 Å². The molecule has 1 spiro atoms. The number of hydrogen-bond donors (Lipinski definition) is 3. The van der Waals surface area contributed by atoms with Gasteiger partial charge in [-0.05, 0) is 41.0 Å². The monoisotopic (exact) mass is 740 g/mol. The highest BCUT2D eigenvalue weighted by Crippen LogP contribution is 2.69. The van der Waals surface area contributed by atoms with Crippen molar-refractivity contribution >= 4 is 85.3 Å². The number of carbonyl (C=O) groups excluding carboxylic acids is 4. The van der Waals surface area contributed by atoms with Crippen LogP contribution in [0.25, 0.3) is 10.9 Å². The summed E-state index contributed by atoms with van der Waals surface area (Å²) >= 11 is 2.42. The first-order valence-electron chi connectivity index (χ1n) is 15.7. The zero-order valence-electron chi connectivity index (χ0n) is 27.5. The third-order valence-electron chi connectivity index (χ3n) is 11.5. The number of aromatic nitrogens is 1. The van der Waals surface area contributed by atoms with Gasteiger partial charge < -0.3 is 34.8 Å². The predicted octanol–water partition coefficient (Wildman–Crippen LogP) is 2.20. The second-order valence-corrected chi connectivity index (χ2v) is 18.1. The number of amides is 4. The number of benzene rings is 2. The molecule has 2 bridgehead atoms. The number of aliphatic hydroxyl groups excluding tert-OH is 2. The number of anilines is 1. The van der Waals surface area contributed by atoms with Crippen LogP contribution in [-0.4, -0.2) is 131 Å². The minimum Gasteiger partial charge on any atom is -0.392 e. The lowest BCUT2D eigenvalue weighted by molar-refractivity contribution is -0.166. The van der Waals surface area contributed by atoms with Gasteiger partial charge in [0.25, 0.3) is 23.6 Å². The van der Waals surface area contributed by atoms with E-state index < -0.39 is 44.4 Å². The Bertz CT molecular complexity index is 1970. The second kappa shape index (κ2) is 10.7. The molecule has 3 aromatic rings. The Balaban J connectivity index is 1.33. The van der Waals surface area contributed by atoms with Crippen molar-refractivity contribution in [3.63, 3.8) is 0 Å². The molecule has 6 atom stereocenters. The molecule has 5 fully saturated rings. The molecule has 258 valence electrons. The maximum absolute atomic E-state index is 14.5. The number of fused-ring (bicyclic) bond motifs is 6. The van der Waals surface area contributed by atoms with Crippen LogP contribution in [0.3, 0.4) is 0 Å². The standard InChI is InChI=1S/C33H36N6O6S4/c1-35-27(44)32(17-40,47-5)36(2)25(42)30(35,46-4)14-19-15-38(23-13-9-6-10-20(19)23)29-16-31-26(43)37(3)33(18-41,49-48-31)28(45)39(31)24(29)34-22-12-8-7-11-21(22)29/h6-13,15,24,34,40-41H,14,16-18H2,1-5H3/t24-,29+,30+,31+,32+,33+/m1/s1. The second-order valence-electron chi connectivity index (χ2n) is 13.2. The Labute approximate surface area is 299 Å². The van der Waals surface area contributed by atoms with Crippen LogP contribution < -0.4 is 5.32 Å². The molecule has 1 aromatic heterocycles. The molecule has 0 saturated carbocycles. The third kappa shape index (κ3) is 3.65. The lowest BCUT2D eigenvalue weighted by atomic mass is 9.86. The smallest absolute Gasteiger partial charge is 0.265 e. The lowest BCUT2D eigenvalue weighted by Crippen LogP contribution is -2.77. The Morgan fingerprint density at radius 2 is 1.47 bits per heavy atom. The first kappa shape index (κ1) is 33.1. The van der Waals surface area contributed by atoms with Crippen LogP contribution >= 0.6 is 45.1 Å². The number of para-hydroxylation sites is 2. The van der Waals surface area contributed by atoms with Crippen molar-refractivity contribution in [2.75, 3.05) is 52.2 Å². The molecule has 6 aliphatic rings. The molecule has 4 amide bonds. The summed E-state index contributed by atoms with van der Waals surface area (Å²) in [6.07, 6.45) is 5.32. The summed E-state index contributed by atoms with van der Waals surface area (Å²) in [5.41, 5.74) is 2.50. The maximum Gasteiger partial charge on any atom is 0.265 e. The van der Waals surface area contributed by atoms with Crippen LogP contribution in [0.5, 0.6) is 0 Å². The van der Waals surface area contributed by atoms with Crippen LogP contribution in [0.4, 0.5) is 5.69 Å². The van der Waals surface area contributed by atoms with Crippen molar-refractivity contribution in [2.24, 2.45) is 0 Å². The summed E-state index contributed by atoms with van der Waals surface area (Å²) in [6.45, 7) is -1.03. The molecule has 0 unspecified atom stereocenters. The van der Waals surface area contributed by atoms with E-state index in [0.717, 1.165) is 39.5 Å². The highest BCUT2D eigenvalue weighted by molar-refractivity contribution is 8.78. The van der Waals surface area contributed by atoms with Gasteiger partial charge in [-0.1, -0.05) is 47.2 Å². The van der Waals surface area contributed by atoms with E-state index in [1.807, 2.05) is 61.0 Å².